The molecule has 0 aliphatic rings. The van der Waals surface area contributed by atoms with Crippen LogP contribution in [0.4, 0.5) is 13.2 Å². The Morgan fingerprint density at radius 2 is 2.04 bits per heavy atom. The molecule has 0 saturated carbocycles. The molecule has 2 heterocycles. The first kappa shape index (κ1) is 19.7. The van der Waals surface area contributed by atoms with Crippen LogP contribution in [0.1, 0.15) is 16.1 Å². The zero-order chi connectivity index (χ0) is 16.2. The summed E-state index contributed by atoms with van der Waals surface area (Å²) in [4.78, 5) is 5.10. The van der Waals surface area contributed by atoms with Crippen molar-refractivity contribution in [3.05, 3.63) is 39.8 Å². The summed E-state index contributed by atoms with van der Waals surface area (Å²) in [5, 5.41) is 11.3. The highest BCUT2D eigenvalue weighted by atomic mass is 127. The number of aryl methyl sites for hydroxylation is 1. The number of halogens is 4. The van der Waals surface area contributed by atoms with Gasteiger partial charge >= 0.3 is 6.18 Å². The summed E-state index contributed by atoms with van der Waals surface area (Å²) in [6.45, 7) is 0.559. The molecule has 128 valence electrons. The van der Waals surface area contributed by atoms with E-state index in [9.17, 15) is 13.2 Å². The van der Waals surface area contributed by atoms with Crippen LogP contribution in [0.5, 0.6) is 0 Å². The zero-order valence-electron chi connectivity index (χ0n) is 12.5. The van der Waals surface area contributed by atoms with E-state index in [1.165, 1.54) is 13.2 Å². The summed E-state index contributed by atoms with van der Waals surface area (Å²) in [5.41, 5.74) is -0.801. The first-order valence-electron chi connectivity index (χ1n) is 6.46. The molecule has 0 atom stereocenters. The number of thiophene rings is 1. The van der Waals surface area contributed by atoms with E-state index >= 15 is 0 Å². The van der Waals surface area contributed by atoms with Crippen molar-refractivity contribution in [3.63, 3.8) is 0 Å². The minimum Gasteiger partial charge on any atom is -0.352 e. The largest absolute Gasteiger partial charge is 0.435 e. The summed E-state index contributed by atoms with van der Waals surface area (Å²) in [6.07, 6.45) is -3.12. The summed E-state index contributed by atoms with van der Waals surface area (Å²) < 4.78 is 39.7. The van der Waals surface area contributed by atoms with Crippen LogP contribution in [0.3, 0.4) is 0 Å². The number of nitrogens with one attached hydrogen (secondary N) is 2. The van der Waals surface area contributed by atoms with Gasteiger partial charge in [-0.3, -0.25) is 9.67 Å². The third-order valence-corrected chi connectivity index (χ3v) is 3.73. The van der Waals surface area contributed by atoms with Gasteiger partial charge in [-0.25, -0.2) is 0 Å². The Hall–Kier alpha value is -1.30. The maximum atomic E-state index is 12.9. The topological polar surface area (TPSA) is 54.2 Å². The van der Waals surface area contributed by atoms with Crippen LogP contribution in [0, 0.1) is 0 Å². The van der Waals surface area contributed by atoms with Gasteiger partial charge in [0.05, 0.1) is 6.54 Å². The minimum absolute atomic E-state index is 0. The smallest absolute Gasteiger partial charge is 0.352 e. The first-order chi connectivity index (χ1) is 10.4. The Morgan fingerprint density at radius 3 is 2.61 bits per heavy atom. The number of nitrogens with zero attached hydrogens (tertiary/aromatic N) is 3. The van der Waals surface area contributed by atoms with Gasteiger partial charge in [0.2, 0.25) is 0 Å². The molecule has 0 amide bonds. The second kappa shape index (κ2) is 8.52. The summed E-state index contributed by atoms with van der Waals surface area (Å²) in [6, 6.07) is 3.90. The fourth-order valence-corrected chi connectivity index (χ4v) is 2.53. The predicted molar refractivity (Wildman–Crippen MR) is 95.0 cm³/mol. The number of hydrogen-bond donors (Lipinski definition) is 2. The van der Waals surface area contributed by atoms with Gasteiger partial charge in [0.1, 0.15) is 0 Å². The monoisotopic (exact) mass is 459 g/mol. The number of aromatic nitrogens is 2. The lowest BCUT2D eigenvalue weighted by molar-refractivity contribution is -0.142. The molecule has 0 aliphatic carbocycles. The molecule has 10 heteroatoms. The van der Waals surface area contributed by atoms with E-state index in [-0.39, 0.29) is 36.1 Å². The Labute approximate surface area is 153 Å². The molecule has 0 saturated heterocycles. The molecular weight excluding hydrogens is 442 g/mol. The minimum atomic E-state index is -4.47. The van der Waals surface area contributed by atoms with Gasteiger partial charge in [0.15, 0.2) is 11.7 Å². The molecule has 23 heavy (non-hydrogen) atoms. The Balaban J connectivity index is 0.00000264. The van der Waals surface area contributed by atoms with E-state index in [1.54, 1.807) is 18.4 Å². The molecule has 0 spiro atoms. The second-order valence-electron chi connectivity index (χ2n) is 4.53. The Morgan fingerprint density at radius 1 is 1.35 bits per heavy atom. The van der Waals surface area contributed by atoms with Crippen molar-refractivity contribution < 1.29 is 13.2 Å². The first-order valence-corrected chi connectivity index (χ1v) is 7.34. The molecule has 5 nitrogen and oxygen atoms in total. The molecule has 0 fully saturated rings. The van der Waals surface area contributed by atoms with Crippen molar-refractivity contribution in [3.8, 4) is 0 Å². The van der Waals surface area contributed by atoms with Gasteiger partial charge in [-0.05, 0) is 11.4 Å². The van der Waals surface area contributed by atoms with Gasteiger partial charge in [-0.1, -0.05) is 6.07 Å². The number of aliphatic imine (C=N–C) groups is 1. The standard InChI is InChI=1S/C13H16F3N5S.HI/c1-17-12(19-7-10-4-3-5-22-10)18-6-9-8-21(2)20-11(9)13(14,15)16;/h3-5,8H,6-7H2,1-2H3,(H2,17,18,19);1H. The quantitative estimate of drug-likeness (QED) is 0.420. The third-order valence-electron chi connectivity index (χ3n) is 2.85. The molecule has 0 bridgehead atoms. The summed E-state index contributed by atoms with van der Waals surface area (Å²) in [5.74, 6) is 0.436. The molecule has 2 rings (SSSR count). The van der Waals surface area contributed by atoms with Crippen molar-refractivity contribution in [1.29, 1.82) is 0 Å². The highest BCUT2D eigenvalue weighted by Crippen LogP contribution is 2.30. The van der Waals surface area contributed by atoms with Gasteiger partial charge in [0, 0.05) is 37.3 Å². The number of rotatable bonds is 4. The molecule has 0 radical (unpaired) electrons. The van der Waals surface area contributed by atoms with Crippen LogP contribution in [0.15, 0.2) is 28.7 Å². The van der Waals surface area contributed by atoms with E-state index in [1.807, 2.05) is 17.5 Å². The summed E-state index contributed by atoms with van der Waals surface area (Å²) >= 11 is 1.59. The maximum absolute atomic E-state index is 12.9. The lowest BCUT2D eigenvalue weighted by Gasteiger charge is -2.11. The lowest BCUT2D eigenvalue weighted by atomic mass is 10.2. The van der Waals surface area contributed by atoms with Gasteiger partial charge in [0.25, 0.3) is 0 Å². The van der Waals surface area contributed by atoms with Crippen molar-refractivity contribution in [1.82, 2.24) is 20.4 Å². The average molecular weight is 459 g/mol. The predicted octanol–water partition coefficient (Wildman–Crippen LogP) is 2.98. The highest BCUT2D eigenvalue weighted by molar-refractivity contribution is 14.0. The average Bonchev–Trinajstić information content (AvgIpc) is 3.07. The zero-order valence-corrected chi connectivity index (χ0v) is 15.7. The Kier molecular flexibility index (Phi) is 7.32. The van der Waals surface area contributed by atoms with Crippen molar-refractivity contribution in [2.75, 3.05) is 7.05 Å². The van der Waals surface area contributed by atoms with Gasteiger partial charge in [-0.15, -0.1) is 35.3 Å². The summed E-state index contributed by atoms with van der Waals surface area (Å²) in [7, 11) is 3.03. The lowest BCUT2D eigenvalue weighted by Crippen LogP contribution is -2.36. The van der Waals surface area contributed by atoms with Crippen LogP contribution >= 0.6 is 35.3 Å². The van der Waals surface area contributed by atoms with E-state index in [2.05, 4.69) is 20.7 Å². The van der Waals surface area contributed by atoms with E-state index < -0.39 is 11.9 Å². The molecule has 0 aromatic carbocycles. The second-order valence-corrected chi connectivity index (χ2v) is 5.57. The Bertz CT molecular complexity index is 637. The van der Waals surface area contributed by atoms with E-state index in [4.69, 9.17) is 0 Å². The van der Waals surface area contributed by atoms with Crippen molar-refractivity contribution >= 4 is 41.3 Å². The SMILES string of the molecule is CN=C(NCc1cccs1)NCc1cn(C)nc1C(F)(F)F.I. The number of alkyl halides is 3. The van der Waals surface area contributed by atoms with Crippen LogP contribution < -0.4 is 10.6 Å². The normalized spacial score (nSPS) is 12.0. The van der Waals surface area contributed by atoms with E-state index in [0.717, 1.165) is 9.56 Å². The molecule has 2 N–H and O–H groups in total. The highest BCUT2D eigenvalue weighted by Gasteiger charge is 2.36. The molecular formula is C13H17F3IN5S. The van der Waals surface area contributed by atoms with Crippen LogP contribution in [-0.4, -0.2) is 22.8 Å². The molecule has 0 unspecified atom stereocenters. The van der Waals surface area contributed by atoms with Gasteiger partial charge in [-0.2, -0.15) is 18.3 Å². The van der Waals surface area contributed by atoms with Crippen molar-refractivity contribution in [2.45, 2.75) is 19.3 Å². The van der Waals surface area contributed by atoms with Crippen molar-refractivity contribution in [2.24, 2.45) is 12.0 Å². The maximum Gasteiger partial charge on any atom is 0.435 e. The number of hydrogen-bond acceptors (Lipinski definition) is 3. The van der Waals surface area contributed by atoms with Gasteiger partial charge < -0.3 is 10.6 Å². The molecule has 0 aliphatic heterocycles. The van der Waals surface area contributed by atoms with Crippen LogP contribution in [0.25, 0.3) is 0 Å². The third kappa shape index (κ3) is 5.68. The number of guanidine groups is 1. The van der Waals surface area contributed by atoms with Crippen LogP contribution in [-0.2, 0) is 26.3 Å². The molecule has 2 aromatic rings. The van der Waals surface area contributed by atoms with Crippen LogP contribution in [0.2, 0.25) is 0 Å². The fourth-order valence-electron chi connectivity index (χ4n) is 1.89. The molecule has 2 aromatic heterocycles. The van der Waals surface area contributed by atoms with E-state index in [0.29, 0.717) is 12.5 Å². The fraction of sp³-hybridized carbons (Fsp3) is 0.385.